The van der Waals surface area contributed by atoms with Gasteiger partial charge in [0.25, 0.3) is 0 Å². The van der Waals surface area contributed by atoms with Gasteiger partial charge in [0, 0.05) is 25.8 Å². The van der Waals surface area contributed by atoms with Gasteiger partial charge in [-0.05, 0) is 31.1 Å². The van der Waals surface area contributed by atoms with Crippen molar-refractivity contribution in [1.82, 2.24) is 0 Å². The molecule has 0 N–H and O–H groups in total. The van der Waals surface area contributed by atoms with Gasteiger partial charge in [0.2, 0.25) is 11.9 Å². The summed E-state index contributed by atoms with van der Waals surface area (Å²) in [5, 5.41) is 4.32. The van der Waals surface area contributed by atoms with Crippen molar-refractivity contribution in [3.05, 3.63) is 34.9 Å². The zero-order valence-electron chi connectivity index (χ0n) is 18.3. The molecule has 2 aliphatic heterocycles. The topological polar surface area (TPSA) is 94.0 Å². The van der Waals surface area contributed by atoms with Gasteiger partial charge in [-0.15, -0.1) is 0 Å². The highest BCUT2D eigenvalue weighted by Crippen LogP contribution is 2.46. The van der Waals surface area contributed by atoms with E-state index in [0.29, 0.717) is 47.1 Å². The highest BCUT2D eigenvalue weighted by atomic mass is 16.7. The van der Waals surface area contributed by atoms with E-state index in [4.69, 9.17) is 33.3 Å². The summed E-state index contributed by atoms with van der Waals surface area (Å²) in [4.78, 5) is 18.3. The number of oxime groups is 1. The summed E-state index contributed by atoms with van der Waals surface area (Å²) >= 11 is 0. The lowest BCUT2D eigenvalue weighted by molar-refractivity contribution is -0.215. The molecule has 4 rings (SSSR count). The average Bonchev–Trinajstić information content (AvgIpc) is 3.25. The van der Waals surface area contributed by atoms with Crippen molar-refractivity contribution in [2.24, 2.45) is 11.1 Å². The fraction of sp³-hybridized carbons (Fsp3) is 0.545. The van der Waals surface area contributed by atoms with E-state index in [1.165, 1.54) is 20.3 Å². The fourth-order valence-corrected chi connectivity index (χ4v) is 4.49. The summed E-state index contributed by atoms with van der Waals surface area (Å²) in [5.41, 5.74) is 2.35. The first-order valence-corrected chi connectivity index (χ1v) is 10.1. The van der Waals surface area contributed by atoms with Gasteiger partial charge >= 0.3 is 0 Å². The van der Waals surface area contributed by atoms with Crippen LogP contribution in [-0.4, -0.2) is 65.0 Å². The predicted molar refractivity (Wildman–Crippen MR) is 109 cm³/mol. The minimum atomic E-state index is -1.23. The molecule has 1 fully saturated rings. The van der Waals surface area contributed by atoms with E-state index in [2.05, 4.69) is 5.16 Å². The first kappa shape index (κ1) is 21.8. The number of carbonyl (C=O) groups excluding carboxylic acids is 1. The second-order valence-electron chi connectivity index (χ2n) is 7.51. The van der Waals surface area contributed by atoms with Gasteiger partial charge in [-0.25, -0.2) is 0 Å². The Morgan fingerprint density at radius 1 is 1.06 bits per heavy atom. The molecule has 0 aromatic heterocycles. The van der Waals surface area contributed by atoms with Crippen LogP contribution >= 0.6 is 0 Å². The van der Waals surface area contributed by atoms with Crippen LogP contribution in [0.2, 0.25) is 0 Å². The van der Waals surface area contributed by atoms with Crippen LogP contribution in [-0.2, 0) is 28.6 Å². The molecule has 2 atom stereocenters. The Hall–Kier alpha value is -2.46. The third kappa shape index (κ3) is 3.41. The minimum absolute atomic E-state index is 0.204. The van der Waals surface area contributed by atoms with Crippen LogP contribution in [0.15, 0.2) is 28.9 Å². The Morgan fingerprint density at radius 2 is 1.77 bits per heavy atom. The van der Waals surface area contributed by atoms with E-state index in [-0.39, 0.29) is 5.78 Å². The zero-order valence-corrected chi connectivity index (χ0v) is 18.3. The van der Waals surface area contributed by atoms with Crippen LogP contribution in [0, 0.1) is 5.92 Å². The maximum absolute atomic E-state index is 12.7. The number of fused-ring (bicyclic) bond motifs is 1. The first-order valence-electron chi connectivity index (χ1n) is 10.1. The number of ketones is 1. The molecule has 31 heavy (non-hydrogen) atoms. The van der Waals surface area contributed by atoms with Crippen molar-refractivity contribution in [3.8, 4) is 11.5 Å². The van der Waals surface area contributed by atoms with E-state index < -0.39 is 24.1 Å². The standard InChI is InChI=1S/C22H27NO8/c1-12-9-15(24)20-18(22(12,27-4)28-5)19(23-31-20)17-14(21-29-7-6-8-30-21)10-13(25-2)11-16(17)26-3/h9-11,18,20-21H,6-8H2,1-5H3/t18-,20-/m1/s1. The molecular weight excluding hydrogens is 406 g/mol. The minimum Gasteiger partial charge on any atom is -0.497 e. The molecule has 0 radical (unpaired) electrons. The number of nitrogens with zero attached hydrogens (tertiary/aromatic N) is 1. The largest absolute Gasteiger partial charge is 0.497 e. The Bertz CT molecular complexity index is 914. The van der Waals surface area contributed by atoms with Gasteiger partial charge in [0.1, 0.15) is 23.1 Å². The second kappa shape index (κ2) is 8.58. The number of methoxy groups -OCH3 is 4. The van der Waals surface area contributed by atoms with Crippen LogP contribution in [0.5, 0.6) is 11.5 Å². The van der Waals surface area contributed by atoms with Gasteiger partial charge in [0.05, 0.1) is 33.0 Å². The summed E-state index contributed by atoms with van der Waals surface area (Å²) in [7, 11) is 6.18. The van der Waals surface area contributed by atoms with Crippen molar-refractivity contribution < 1.29 is 38.1 Å². The molecule has 0 unspecified atom stereocenters. The van der Waals surface area contributed by atoms with Crippen LogP contribution in [0.4, 0.5) is 0 Å². The number of rotatable bonds is 6. The van der Waals surface area contributed by atoms with Crippen molar-refractivity contribution in [3.63, 3.8) is 0 Å². The van der Waals surface area contributed by atoms with Crippen LogP contribution in [0.1, 0.15) is 30.8 Å². The molecular formula is C22H27NO8. The van der Waals surface area contributed by atoms with E-state index in [1.807, 2.05) is 6.07 Å². The van der Waals surface area contributed by atoms with Gasteiger partial charge in [-0.3, -0.25) is 4.79 Å². The molecule has 1 aromatic rings. The van der Waals surface area contributed by atoms with Gasteiger partial charge in [0.15, 0.2) is 12.1 Å². The second-order valence-corrected chi connectivity index (χ2v) is 7.51. The van der Waals surface area contributed by atoms with Crippen molar-refractivity contribution >= 4 is 11.5 Å². The fourth-order valence-electron chi connectivity index (χ4n) is 4.49. The SMILES string of the molecule is COc1cc(OC)c(C2=NO[C@@H]3C(=O)C=C(C)C(OC)(OC)[C@H]23)c(C2OCCCO2)c1. The highest BCUT2D eigenvalue weighted by Gasteiger charge is 2.58. The number of benzene rings is 1. The Labute approximate surface area is 180 Å². The summed E-state index contributed by atoms with van der Waals surface area (Å²) in [6.45, 7) is 2.90. The number of ether oxygens (including phenoxy) is 6. The molecule has 168 valence electrons. The molecule has 1 saturated heterocycles. The lowest BCUT2D eigenvalue weighted by atomic mass is 9.75. The first-order chi connectivity index (χ1) is 15.0. The quantitative estimate of drug-likeness (QED) is 0.632. The molecule has 3 aliphatic rings. The lowest BCUT2D eigenvalue weighted by Gasteiger charge is -2.41. The van der Waals surface area contributed by atoms with Crippen LogP contribution in [0.3, 0.4) is 0 Å². The molecule has 0 spiro atoms. The molecule has 0 bridgehead atoms. The van der Waals surface area contributed by atoms with Crippen LogP contribution < -0.4 is 9.47 Å². The van der Waals surface area contributed by atoms with Crippen LogP contribution in [0.25, 0.3) is 0 Å². The molecule has 1 aliphatic carbocycles. The summed E-state index contributed by atoms with van der Waals surface area (Å²) in [5.74, 6) is -1.04. The van der Waals surface area contributed by atoms with Gasteiger partial charge < -0.3 is 33.3 Å². The maximum atomic E-state index is 12.7. The third-order valence-corrected chi connectivity index (χ3v) is 5.97. The predicted octanol–water partition coefficient (Wildman–Crippen LogP) is 2.38. The molecule has 9 heteroatoms. The van der Waals surface area contributed by atoms with E-state index >= 15 is 0 Å². The molecule has 0 saturated carbocycles. The summed E-state index contributed by atoms with van der Waals surface area (Å²) in [6, 6.07) is 3.56. The molecule has 9 nitrogen and oxygen atoms in total. The Morgan fingerprint density at radius 3 is 2.39 bits per heavy atom. The Balaban J connectivity index is 1.91. The average molecular weight is 433 g/mol. The molecule has 1 aromatic carbocycles. The lowest BCUT2D eigenvalue weighted by Crippen LogP contribution is -2.55. The highest BCUT2D eigenvalue weighted by molar-refractivity contribution is 6.12. The van der Waals surface area contributed by atoms with E-state index in [9.17, 15) is 4.79 Å². The zero-order chi connectivity index (χ0) is 22.2. The Kier molecular flexibility index (Phi) is 6.02. The molecule has 2 heterocycles. The smallest absolute Gasteiger partial charge is 0.203 e. The maximum Gasteiger partial charge on any atom is 0.203 e. The van der Waals surface area contributed by atoms with Crippen molar-refractivity contribution in [2.75, 3.05) is 41.7 Å². The summed E-state index contributed by atoms with van der Waals surface area (Å²) in [6.07, 6.45) is 0.749. The van der Waals surface area contributed by atoms with Crippen molar-refractivity contribution in [2.45, 2.75) is 31.5 Å². The molecule has 0 amide bonds. The van der Waals surface area contributed by atoms with Gasteiger partial charge in [-0.2, -0.15) is 0 Å². The number of hydrogen-bond acceptors (Lipinski definition) is 9. The van der Waals surface area contributed by atoms with Crippen molar-refractivity contribution in [1.29, 1.82) is 0 Å². The van der Waals surface area contributed by atoms with E-state index in [1.54, 1.807) is 27.2 Å². The number of carbonyl (C=O) groups is 1. The number of hydrogen-bond donors (Lipinski definition) is 0. The monoisotopic (exact) mass is 433 g/mol. The van der Waals surface area contributed by atoms with E-state index in [0.717, 1.165) is 6.42 Å². The third-order valence-electron chi connectivity index (χ3n) is 5.97. The normalized spacial score (nSPS) is 25.4. The van der Waals surface area contributed by atoms with Gasteiger partial charge in [-0.1, -0.05) is 5.16 Å². The summed E-state index contributed by atoms with van der Waals surface area (Å²) < 4.78 is 34.6.